The number of nitrogens with zero attached hydrogens (tertiary/aromatic N) is 1. The smallest absolute Gasteiger partial charge is 0.251 e. The van der Waals surface area contributed by atoms with Crippen molar-refractivity contribution in [3.8, 4) is 5.88 Å². The van der Waals surface area contributed by atoms with Gasteiger partial charge in [-0.1, -0.05) is 6.07 Å². The van der Waals surface area contributed by atoms with Crippen molar-refractivity contribution in [3.63, 3.8) is 0 Å². The van der Waals surface area contributed by atoms with Crippen LogP contribution in [0.15, 0.2) is 53.1 Å². The molecule has 6 heteroatoms. The molecule has 0 saturated carbocycles. The summed E-state index contributed by atoms with van der Waals surface area (Å²) >= 11 is 0. The van der Waals surface area contributed by atoms with Crippen molar-refractivity contribution >= 4 is 16.9 Å². The van der Waals surface area contributed by atoms with Crippen LogP contribution < -0.4 is 10.1 Å². The second kappa shape index (κ2) is 7.17. The minimum absolute atomic E-state index is 0.132. The molecule has 0 bridgehead atoms. The largest absolute Gasteiger partial charge is 0.470 e. The molecule has 1 amide bonds. The predicted molar refractivity (Wildman–Crippen MR) is 96.3 cm³/mol. The van der Waals surface area contributed by atoms with Gasteiger partial charge in [0.1, 0.15) is 17.4 Å². The molecule has 0 spiro atoms. The highest BCUT2D eigenvalue weighted by Gasteiger charge is 2.29. The molecule has 1 aliphatic rings. The van der Waals surface area contributed by atoms with Gasteiger partial charge in [-0.25, -0.2) is 4.98 Å². The van der Waals surface area contributed by atoms with Crippen LogP contribution in [0, 0.1) is 6.92 Å². The standard InChI is InChI=1S/C20H20N2O4/c1-13-10-15-11-14(5-6-17(15)25-13)20(23)22-16-7-9-24-12-18(16)26-19-4-2-3-8-21-19/h2-6,8,10-11,16,18H,7,9,12H2,1H3,(H,22,23)/t16-,18-/m1/s1. The number of benzene rings is 1. The normalized spacial score (nSPS) is 20.0. The Kier molecular flexibility index (Phi) is 4.58. The van der Waals surface area contributed by atoms with E-state index in [1.165, 1.54) is 0 Å². The van der Waals surface area contributed by atoms with Gasteiger partial charge in [-0.3, -0.25) is 4.79 Å². The summed E-state index contributed by atoms with van der Waals surface area (Å²) < 4.78 is 17.0. The van der Waals surface area contributed by atoms with Crippen molar-refractivity contribution < 1.29 is 18.7 Å². The fourth-order valence-electron chi connectivity index (χ4n) is 3.13. The van der Waals surface area contributed by atoms with Crippen LogP contribution in [-0.4, -0.2) is 36.3 Å². The number of aryl methyl sites for hydroxylation is 1. The topological polar surface area (TPSA) is 73.6 Å². The Bertz CT molecular complexity index is 907. The zero-order chi connectivity index (χ0) is 17.9. The number of rotatable bonds is 4. The van der Waals surface area contributed by atoms with Crippen LogP contribution in [0.1, 0.15) is 22.5 Å². The SMILES string of the molecule is Cc1cc2cc(C(=O)N[C@@H]3CCOC[C@H]3Oc3ccccn3)ccc2o1. The molecule has 1 saturated heterocycles. The Labute approximate surface area is 151 Å². The van der Waals surface area contributed by atoms with Crippen molar-refractivity contribution in [2.75, 3.05) is 13.2 Å². The van der Waals surface area contributed by atoms with Crippen molar-refractivity contribution in [2.45, 2.75) is 25.5 Å². The van der Waals surface area contributed by atoms with E-state index in [9.17, 15) is 4.79 Å². The molecule has 1 N–H and O–H groups in total. The number of nitrogens with one attached hydrogen (secondary N) is 1. The zero-order valence-electron chi connectivity index (χ0n) is 14.5. The van der Waals surface area contributed by atoms with Crippen LogP contribution in [0.2, 0.25) is 0 Å². The summed E-state index contributed by atoms with van der Waals surface area (Å²) in [4.78, 5) is 16.9. The van der Waals surface area contributed by atoms with Gasteiger partial charge >= 0.3 is 0 Å². The van der Waals surface area contributed by atoms with Gasteiger partial charge in [0.25, 0.3) is 5.91 Å². The summed E-state index contributed by atoms with van der Waals surface area (Å²) in [6.45, 7) is 2.90. The van der Waals surface area contributed by atoms with Crippen LogP contribution >= 0.6 is 0 Å². The lowest BCUT2D eigenvalue weighted by atomic mass is 10.0. The first-order chi connectivity index (χ1) is 12.7. The number of hydrogen-bond donors (Lipinski definition) is 1. The molecule has 1 aromatic carbocycles. The quantitative estimate of drug-likeness (QED) is 0.781. The van der Waals surface area contributed by atoms with Crippen LogP contribution in [-0.2, 0) is 4.74 Å². The van der Waals surface area contributed by atoms with Crippen molar-refractivity contribution in [2.24, 2.45) is 0 Å². The molecular formula is C20H20N2O4. The van der Waals surface area contributed by atoms with Crippen molar-refractivity contribution in [3.05, 3.63) is 60.0 Å². The van der Waals surface area contributed by atoms with Gasteiger partial charge in [0.05, 0.1) is 12.6 Å². The molecule has 3 aromatic rings. The Morgan fingerprint density at radius 1 is 1.27 bits per heavy atom. The summed E-state index contributed by atoms with van der Waals surface area (Å²) in [6.07, 6.45) is 2.09. The first-order valence-electron chi connectivity index (χ1n) is 8.65. The number of carbonyl (C=O) groups excluding carboxylic acids is 1. The number of aromatic nitrogens is 1. The minimum atomic E-state index is -0.275. The molecule has 1 aliphatic heterocycles. The van der Waals surface area contributed by atoms with Crippen LogP contribution in [0.25, 0.3) is 11.0 Å². The fourth-order valence-corrected chi connectivity index (χ4v) is 3.13. The van der Waals surface area contributed by atoms with Crippen LogP contribution in [0.5, 0.6) is 5.88 Å². The first kappa shape index (κ1) is 16.6. The second-order valence-electron chi connectivity index (χ2n) is 6.38. The average molecular weight is 352 g/mol. The van der Waals surface area contributed by atoms with E-state index < -0.39 is 0 Å². The van der Waals surface area contributed by atoms with Gasteiger partial charge in [0.2, 0.25) is 5.88 Å². The van der Waals surface area contributed by atoms with Crippen LogP contribution in [0.3, 0.4) is 0 Å². The highest BCUT2D eigenvalue weighted by atomic mass is 16.5. The van der Waals surface area contributed by atoms with E-state index in [0.29, 0.717) is 31.1 Å². The van der Waals surface area contributed by atoms with Crippen molar-refractivity contribution in [1.29, 1.82) is 0 Å². The third-order valence-electron chi connectivity index (χ3n) is 4.43. The second-order valence-corrected chi connectivity index (χ2v) is 6.38. The van der Waals surface area contributed by atoms with Gasteiger partial charge in [-0.15, -0.1) is 0 Å². The first-order valence-corrected chi connectivity index (χ1v) is 8.65. The molecule has 1 fully saturated rings. The van der Waals surface area contributed by atoms with Gasteiger partial charge < -0.3 is 19.2 Å². The van der Waals surface area contributed by atoms with E-state index in [2.05, 4.69) is 10.3 Å². The lowest BCUT2D eigenvalue weighted by Gasteiger charge is -2.32. The maximum absolute atomic E-state index is 12.7. The van der Waals surface area contributed by atoms with E-state index in [4.69, 9.17) is 13.9 Å². The zero-order valence-corrected chi connectivity index (χ0v) is 14.5. The molecular weight excluding hydrogens is 332 g/mol. The number of fused-ring (bicyclic) bond motifs is 1. The third-order valence-corrected chi connectivity index (χ3v) is 4.43. The van der Waals surface area contributed by atoms with Gasteiger partial charge in [0, 0.05) is 29.8 Å². The van der Waals surface area contributed by atoms with Gasteiger partial charge in [0.15, 0.2) is 0 Å². The highest BCUT2D eigenvalue weighted by Crippen LogP contribution is 2.21. The Hall–Kier alpha value is -2.86. The van der Waals surface area contributed by atoms with E-state index in [0.717, 1.165) is 16.7 Å². The Morgan fingerprint density at radius 3 is 3.04 bits per heavy atom. The molecule has 4 rings (SSSR count). The van der Waals surface area contributed by atoms with Gasteiger partial charge in [-0.05, 0) is 43.7 Å². The number of hydrogen-bond acceptors (Lipinski definition) is 5. The number of ether oxygens (including phenoxy) is 2. The molecule has 0 radical (unpaired) electrons. The van der Waals surface area contributed by atoms with Crippen LogP contribution in [0.4, 0.5) is 0 Å². The third kappa shape index (κ3) is 3.55. The Morgan fingerprint density at radius 2 is 2.19 bits per heavy atom. The predicted octanol–water partition coefficient (Wildman–Crippen LogP) is 3.10. The van der Waals surface area contributed by atoms with E-state index in [1.54, 1.807) is 18.3 Å². The number of carbonyl (C=O) groups is 1. The average Bonchev–Trinajstić information content (AvgIpc) is 3.03. The molecule has 6 nitrogen and oxygen atoms in total. The molecule has 0 unspecified atom stereocenters. The van der Waals surface area contributed by atoms with E-state index >= 15 is 0 Å². The maximum Gasteiger partial charge on any atom is 0.251 e. The lowest BCUT2D eigenvalue weighted by molar-refractivity contribution is -0.0152. The molecule has 2 aromatic heterocycles. The van der Waals surface area contributed by atoms with Gasteiger partial charge in [-0.2, -0.15) is 0 Å². The summed E-state index contributed by atoms with van der Waals surface area (Å²) in [5.41, 5.74) is 1.38. The molecule has 26 heavy (non-hydrogen) atoms. The number of amides is 1. The number of pyridine rings is 1. The molecule has 0 aliphatic carbocycles. The summed E-state index contributed by atoms with van der Waals surface area (Å²) in [6, 6.07) is 12.7. The molecule has 3 heterocycles. The summed E-state index contributed by atoms with van der Waals surface area (Å²) in [7, 11) is 0. The van der Waals surface area contributed by atoms with E-state index in [-0.39, 0.29) is 18.1 Å². The summed E-state index contributed by atoms with van der Waals surface area (Å²) in [5, 5.41) is 3.99. The Balaban J connectivity index is 1.48. The molecule has 2 atom stereocenters. The maximum atomic E-state index is 12.7. The fraction of sp³-hybridized carbons (Fsp3) is 0.300. The monoisotopic (exact) mass is 352 g/mol. The highest BCUT2D eigenvalue weighted by molar-refractivity contribution is 5.98. The van der Waals surface area contributed by atoms with E-state index in [1.807, 2.05) is 37.3 Å². The summed E-state index contributed by atoms with van der Waals surface area (Å²) in [5.74, 6) is 1.22. The van der Waals surface area contributed by atoms with Crippen molar-refractivity contribution in [1.82, 2.24) is 10.3 Å². The molecule has 134 valence electrons. The number of furan rings is 1. The minimum Gasteiger partial charge on any atom is -0.470 e. The lowest BCUT2D eigenvalue weighted by Crippen LogP contribution is -2.51.